The summed E-state index contributed by atoms with van der Waals surface area (Å²) in [5.41, 5.74) is 0.216. The molecule has 4 nitrogen and oxygen atoms in total. The highest BCUT2D eigenvalue weighted by Gasteiger charge is 2.31. The second kappa shape index (κ2) is 9.15. The van der Waals surface area contributed by atoms with Crippen LogP contribution in [0.4, 0.5) is 33.7 Å². The number of carbonyl (C=O) groups is 1. The van der Waals surface area contributed by atoms with Gasteiger partial charge in [-0.25, -0.2) is 14.1 Å². The fourth-order valence-corrected chi connectivity index (χ4v) is 3.40. The quantitative estimate of drug-likeness (QED) is 0.522. The first-order chi connectivity index (χ1) is 13.8. The van der Waals surface area contributed by atoms with Gasteiger partial charge >= 0.3 is 12.5 Å². The van der Waals surface area contributed by atoms with Crippen LogP contribution in [0, 0.1) is 11.7 Å². The second-order valence-electron chi connectivity index (χ2n) is 6.94. The number of carbonyl (C=O) groups excluding carboxylic acids is 1. The highest BCUT2D eigenvalue weighted by molar-refractivity contribution is 5.96. The van der Waals surface area contributed by atoms with E-state index < -0.39 is 24.0 Å². The van der Waals surface area contributed by atoms with Crippen LogP contribution >= 0.6 is 0 Å². The molecule has 8 heteroatoms. The van der Waals surface area contributed by atoms with E-state index in [9.17, 15) is 22.4 Å². The Labute approximate surface area is 166 Å². The van der Waals surface area contributed by atoms with E-state index in [2.05, 4.69) is 4.74 Å². The predicted octanol–water partition coefficient (Wildman–Crippen LogP) is 6.58. The Balaban J connectivity index is 1.85. The molecule has 156 valence electrons. The van der Waals surface area contributed by atoms with E-state index in [-0.39, 0.29) is 23.9 Å². The molecule has 0 aromatic heterocycles. The minimum Gasteiger partial charge on any atom is -0.449 e. The van der Waals surface area contributed by atoms with Crippen molar-refractivity contribution >= 4 is 17.5 Å². The van der Waals surface area contributed by atoms with Crippen molar-refractivity contribution in [1.82, 2.24) is 0 Å². The number of anilines is 2. The lowest BCUT2D eigenvalue weighted by molar-refractivity contribution is -0.274. The molecule has 0 radical (unpaired) electrons. The number of rotatable bonds is 5. The van der Waals surface area contributed by atoms with E-state index in [1.807, 2.05) is 0 Å². The molecule has 0 spiro atoms. The zero-order chi connectivity index (χ0) is 20.9. The van der Waals surface area contributed by atoms with Crippen molar-refractivity contribution in [2.24, 2.45) is 5.92 Å². The molecule has 0 atom stereocenters. The maximum atomic E-state index is 13.7. The minimum absolute atomic E-state index is 0.0750. The van der Waals surface area contributed by atoms with Crippen LogP contribution in [0.2, 0.25) is 0 Å². The van der Waals surface area contributed by atoms with Crippen LogP contribution in [0.15, 0.2) is 48.5 Å². The molecule has 0 bridgehead atoms. The average molecular weight is 411 g/mol. The Kier molecular flexibility index (Phi) is 6.61. The molecule has 0 heterocycles. The first-order valence-corrected chi connectivity index (χ1v) is 9.40. The SMILES string of the molecule is O=C(OCC1CCCCC1)N(c1cccc(F)c1)c1cccc(OC(F)(F)F)c1. The number of nitrogens with zero attached hydrogens (tertiary/aromatic N) is 1. The molecule has 0 unspecified atom stereocenters. The standard InChI is InChI=1S/C21H21F4NO3/c22-16-8-4-9-17(12-16)26(20(27)28-14-15-6-2-1-3-7-15)18-10-5-11-19(13-18)29-21(23,24)25/h4-5,8-13,15H,1-3,6-7,14H2. The lowest BCUT2D eigenvalue weighted by Gasteiger charge is -2.26. The molecule has 1 aliphatic carbocycles. The largest absolute Gasteiger partial charge is 0.573 e. The molecule has 2 aromatic carbocycles. The van der Waals surface area contributed by atoms with Gasteiger partial charge in [-0.2, -0.15) is 0 Å². The van der Waals surface area contributed by atoms with Crippen molar-refractivity contribution in [3.05, 3.63) is 54.3 Å². The predicted molar refractivity (Wildman–Crippen MR) is 99.6 cm³/mol. The fraction of sp³-hybridized carbons (Fsp3) is 0.381. The summed E-state index contributed by atoms with van der Waals surface area (Å²) in [6, 6.07) is 10.1. The van der Waals surface area contributed by atoms with Gasteiger partial charge in [-0.15, -0.1) is 13.2 Å². The smallest absolute Gasteiger partial charge is 0.449 e. The monoisotopic (exact) mass is 411 g/mol. The van der Waals surface area contributed by atoms with Gasteiger partial charge in [0.15, 0.2) is 0 Å². The number of halogens is 4. The highest BCUT2D eigenvalue weighted by atomic mass is 19.4. The average Bonchev–Trinajstić information content (AvgIpc) is 2.66. The summed E-state index contributed by atoms with van der Waals surface area (Å²) in [7, 11) is 0. The maximum Gasteiger partial charge on any atom is 0.573 e. The molecule has 1 amide bonds. The molecule has 0 saturated heterocycles. The van der Waals surface area contributed by atoms with Gasteiger partial charge in [0.25, 0.3) is 0 Å². The van der Waals surface area contributed by atoms with Gasteiger partial charge in [0.05, 0.1) is 18.0 Å². The zero-order valence-electron chi connectivity index (χ0n) is 15.6. The molecule has 1 aliphatic rings. The van der Waals surface area contributed by atoms with Gasteiger partial charge < -0.3 is 9.47 Å². The summed E-state index contributed by atoms with van der Waals surface area (Å²) >= 11 is 0. The lowest BCUT2D eigenvalue weighted by Crippen LogP contribution is -2.29. The van der Waals surface area contributed by atoms with Crippen LogP contribution < -0.4 is 9.64 Å². The molecule has 3 rings (SSSR count). The van der Waals surface area contributed by atoms with E-state index in [1.54, 1.807) is 0 Å². The van der Waals surface area contributed by atoms with Crippen molar-refractivity contribution in [2.45, 2.75) is 38.5 Å². The molecule has 0 N–H and O–H groups in total. The van der Waals surface area contributed by atoms with Crippen LogP contribution in [0.3, 0.4) is 0 Å². The normalized spacial score (nSPS) is 15.0. The molecular formula is C21H21F4NO3. The Morgan fingerprint density at radius 2 is 1.66 bits per heavy atom. The zero-order valence-corrected chi connectivity index (χ0v) is 15.6. The first kappa shape index (κ1) is 21.0. The third-order valence-electron chi connectivity index (χ3n) is 4.73. The van der Waals surface area contributed by atoms with E-state index in [0.29, 0.717) is 0 Å². The van der Waals surface area contributed by atoms with Crippen LogP contribution in [0.5, 0.6) is 5.75 Å². The van der Waals surface area contributed by atoms with Crippen molar-refractivity contribution in [1.29, 1.82) is 0 Å². The van der Waals surface area contributed by atoms with Crippen LogP contribution in [-0.4, -0.2) is 19.1 Å². The lowest BCUT2D eigenvalue weighted by atomic mass is 9.90. The van der Waals surface area contributed by atoms with E-state index in [0.717, 1.165) is 55.2 Å². The summed E-state index contributed by atoms with van der Waals surface area (Å²) in [4.78, 5) is 13.8. The summed E-state index contributed by atoms with van der Waals surface area (Å²) in [6.07, 6.45) is -0.426. The first-order valence-electron chi connectivity index (χ1n) is 9.40. The summed E-state index contributed by atoms with van der Waals surface area (Å²) in [6.45, 7) is 0.212. The molecule has 1 fully saturated rings. The van der Waals surface area contributed by atoms with Gasteiger partial charge in [0.2, 0.25) is 0 Å². The maximum absolute atomic E-state index is 13.7. The van der Waals surface area contributed by atoms with Crippen molar-refractivity contribution in [2.75, 3.05) is 11.5 Å². The Morgan fingerprint density at radius 3 is 2.31 bits per heavy atom. The fourth-order valence-electron chi connectivity index (χ4n) is 3.40. The summed E-state index contributed by atoms with van der Waals surface area (Å²) in [5.74, 6) is -0.825. The summed E-state index contributed by atoms with van der Waals surface area (Å²) < 4.78 is 60.8. The molecule has 29 heavy (non-hydrogen) atoms. The number of alkyl halides is 3. The van der Waals surface area contributed by atoms with E-state index >= 15 is 0 Å². The van der Waals surface area contributed by atoms with Gasteiger partial charge in [0, 0.05) is 6.07 Å². The van der Waals surface area contributed by atoms with Crippen molar-refractivity contribution < 1.29 is 31.8 Å². The second-order valence-corrected chi connectivity index (χ2v) is 6.94. The van der Waals surface area contributed by atoms with Crippen LogP contribution in [0.25, 0.3) is 0 Å². The third-order valence-corrected chi connectivity index (χ3v) is 4.73. The van der Waals surface area contributed by atoms with Crippen molar-refractivity contribution in [3.8, 4) is 5.75 Å². The Morgan fingerprint density at radius 1 is 1.00 bits per heavy atom. The Bertz CT molecular complexity index is 835. The molecule has 0 aliphatic heterocycles. The Hall–Kier alpha value is -2.77. The van der Waals surface area contributed by atoms with Crippen LogP contribution in [0.1, 0.15) is 32.1 Å². The van der Waals surface area contributed by atoms with Crippen LogP contribution in [-0.2, 0) is 4.74 Å². The molecule has 2 aromatic rings. The van der Waals surface area contributed by atoms with Crippen molar-refractivity contribution in [3.63, 3.8) is 0 Å². The number of ether oxygens (including phenoxy) is 2. The van der Waals surface area contributed by atoms with Gasteiger partial charge in [-0.05, 0) is 49.1 Å². The number of hydrogen-bond donors (Lipinski definition) is 0. The number of hydrogen-bond acceptors (Lipinski definition) is 3. The third kappa shape index (κ3) is 6.10. The van der Waals surface area contributed by atoms with Gasteiger partial charge in [-0.3, -0.25) is 0 Å². The number of amides is 1. The molecule has 1 saturated carbocycles. The number of benzene rings is 2. The highest BCUT2D eigenvalue weighted by Crippen LogP contribution is 2.32. The summed E-state index contributed by atoms with van der Waals surface area (Å²) in [5, 5.41) is 0. The minimum atomic E-state index is -4.87. The van der Waals surface area contributed by atoms with Gasteiger partial charge in [0.1, 0.15) is 11.6 Å². The van der Waals surface area contributed by atoms with Gasteiger partial charge in [-0.1, -0.05) is 31.4 Å². The van der Waals surface area contributed by atoms with E-state index in [4.69, 9.17) is 4.74 Å². The molecular weight excluding hydrogens is 390 g/mol. The van der Waals surface area contributed by atoms with E-state index in [1.165, 1.54) is 30.3 Å². The topological polar surface area (TPSA) is 38.8 Å².